The molecule has 0 unspecified atom stereocenters. The molecule has 21 heavy (non-hydrogen) atoms. The van der Waals surface area contributed by atoms with Crippen LogP contribution in [0.1, 0.15) is 6.92 Å². The molecule has 0 aliphatic carbocycles. The number of hydrogen-bond donors (Lipinski definition) is 1. The first-order chi connectivity index (χ1) is 10.3. The molecule has 0 bridgehead atoms. The molecular weight excluding hydrogens is 338 g/mol. The number of aromatic nitrogens is 3. The molecule has 8 heteroatoms. The molecule has 0 radical (unpaired) electrons. The Morgan fingerprint density at radius 1 is 1.29 bits per heavy atom. The van der Waals surface area contributed by atoms with Gasteiger partial charge in [0.2, 0.25) is 17.7 Å². The molecule has 1 N–H and O–H groups in total. The minimum atomic E-state index is 0.513. The van der Waals surface area contributed by atoms with Gasteiger partial charge in [0.15, 0.2) is 5.76 Å². The van der Waals surface area contributed by atoms with Gasteiger partial charge in [-0.1, -0.05) is 0 Å². The molecule has 3 heterocycles. The van der Waals surface area contributed by atoms with Crippen molar-refractivity contribution >= 4 is 27.8 Å². The van der Waals surface area contributed by atoms with Gasteiger partial charge >= 0.3 is 0 Å². The first-order valence-corrected chi connectivity index (χ1v) is 7.63. The molecule has 0 amide bonds. The van der Waals surface area contributed by atoms with Crippen LogP contribution in [0.5, 0.6) is 0 Å². The van der Waals surface area contributed by atoms with Gasteiger partial charge in [0.25, 0.3) is 0 Å². The highest BCUT2D eigenvalue weighted by atomic mass is 79.9. The summed E-state index contributed by atoms with van der Waals surface area (Å²) in [5.41, 5.74) is 0. The molecule has 2 aromatic rings. The fraction of sp³-hybridized carbons (Fsp3) is 0.462. The molecule has 1 saturated heterocycles. The third-order valence-electron chi connectivity index (χ3n) is 3.07. The summed E-state index contributed by atoms with van der Waals surface area (Å²) in [4.78, 5) is 15.5. The number of nitrogens with zero attached hydrogens (tertiary/aromatic N) is 4. The zero-order valence-corrected chi connectivity index (χ0v) is 13.3. The van der Waals surface area contributed by atoms with Crippen LogP contribution in [0.4, 0.5) is 11.9 Å². The number of rotatable bonds is 4. The summed E-state index contributed by atoms with van der Waals surface area (Å²) in [6.07, 6.45) is 1.60. The normalized spacial score (nSPS) is 15.2. The van der Waals surface area contributed by atoms with Gasteiger partial charge in [-0.15, -0.1) is 0 Å². The van der Waals surface area contributed by atoms with Gasteiger partial charge in [0.05, 0.1) is 23.9 Å². The smallest absolute Gasteiger partial charge is 0.230 e. The van der Waals surface area contributed by atoms with Gasteiger partial charge in [-0.2, -0.15) is 15.0 Å². The zero-order valence-electron chi connectivity index (χ0n) is 11.7. The third kappa shape index (κ3) is 3.16. The van der Waals surface area contributed by atoms with Gasteiger partial charge in [0.1, 0.15) is 0 Å². The van der Waals surface area contributed by atoms with Crippen LogP contribution in [0.3, 0.4) is 0 Å². The SMILES string of the molecule is CCNc1nc(-c2occc2Br)nc(N2CCOCC2)n1. The molecule has 0 atom stereocenters. The lowest BCUT2D eigenvalue weighted by atomic mass is 10.4. The molecule has 112 valence electrons. The van der Waals surface area contributed by atoms with Crippen LogP contribution >= 0.6 is 15.9 Å². The van der Waals surface area contributed by atoms with Gasteiger partial charge in [-0.05, 0) is 28.9 Å². The van der Waals surface area contributed by atoms with Gasteiger partial charge in [0, 0.05) is 19.6 Å². The van der Waals surface area contributed by atoms with E-state index in [-0.39, 0.29) is 0 Å². The minimum Gasteiger partial charge on any atom is -0.460 e. The second-order valence-corrected chi connectivity index (χ2v) is 5.36. The second-order valence-electron chi connectivity index (χ2n) is 4.51. The Labute approximate surface area is 130 Å². The van der Waals surface area contributed by atoms with Gasteiger partial charge in [-0.3, -0.25) is 0 Å². The van der Waals surface area contributed by atoms with E-state index in [1.165, 1.54) is 0 Å². The third-order valence-corrected chi connectivity index (χ3v) is 3.70. The quantitative estimate of drug-likeness (QED) is 0.902. The Morgan fingerprint density at radius 3 is 2.76 bits per heavy atom. The van der Waals surface area contributed by atoms with E-state index < -0.39 is 0 Å². The van der Waals surface area contributed by atoms with E-state index in [9.17, 15) is 0 Å². The highest BCUT2D eigenvalue weighted by Gasteiger charge is 2.19. The molecule has 2 aromatic heterocycles. The maximum Gasteiger partial charge on any atom is 0.230 e. The van der Waals surface area contributed by atoms with Crippen molar-refractivity contribution in [3.05, 3.63) is 16.8 Å². The average molecular weight is 354 g/mol. The molecule has 3 rings (SSSR count). The fourth-order valence-corrected chi connectivity index (χ4v) is 2.44. The van der Waals surface area contributed by atoms with E-state index in [2.05, 4.69) is 41.1 Å². The molecule has 1 aliphatic heterocycles. The number of halogens is 1. The topological polar surface area (TPSA) is 76.3 Å². The highest BCUT2D eigenvalue weighted by Crippen LogP contribution is 2.28. The maximum absolute atomic E-state index is 5.46. The summed E-state index contributed by atoms with van der Waals surface area (Å²) in [5, 5.41) is 3.13. The van der Waals surface area contributed by atoms with E-state index in [1.807, 2.05) is 13.0 Å². The van der Waals surface area contributed by atoms with Gasteiger partial charge < -0.3 is 19.4 Å². The Bertz CT molecular complexity index is 612. The lowest BCUT2D eigenvalue weighted by Gasteiger charge is -2.27. The van der Waals surface area contributed by atoms with Crippen LogP contribution in [0.15, 0.2) is 21.2 Å². The predicted octanol–water partition coefficient (Wildman–Crippen LogP) is 2.16. The Morgan fingerprint density at radius 2 is 2.10 bits per heavy atom. The number of anilines is 2. The predicted molar refractivity (Wildman–Crippen MR) is 82.4 cm³/mol. The minimum absolute atomic E-state index is 0.513. The molecular formula is C13H16BrN5O2. The van der Waals surface area contributed by atoms with Crippen molar-refractivity contribution in [2.75, 3.05) is 43.1 Å². The fourth-order valence-electron chi connectivity index (χ4n) is 2.06. The summed E-state index contributed by atoms with van der Waals surface area (Å²) in [6.45, 7) is 5.65. The van der Waals surface area contributed by atoms with Crippen LogP contribution < -0.4 is 10.2 Å². The second kappa shape index (κ2) is 6.40. The number of hydrogen-bond acceptors (Lipinski definition) is 7. The summed E-state index contributed by atoms with van der Waals surface area (Å²) in [6, 6.07) is 1.82. The first-order valence-electron chi connectivity index (χ1n) is 6.84. The Hall–Kier alpha value is -1.67. The summed E-state index contributed by atoms with van der Waals surface area (Å²) in [5.74, 6) is 2.31. The molecule has 0 saturated carbocycles. The van der Waals surface area contributed by atoms with Crippen LogP contribution in [0.25, 0.3) is 11.6 Å². The molecule has 1 fully saturated rings. The average Bonchev–Trinajstić information content (AvgIpc) is 2.94. The van der Waals surface area contributed by atoms with E-state index in [4.69, 9.17) is 9.15 Å². The van der Waals surface area contributed by atoms with Crippen molar-refractivity contribution in [2.45, 2.75) is 6.92 Å². The van der Waals surface area contributed by atoms with Crippen LogP contribution in [-0.4, -0.2) is 47.8 Å². The lowest BCUT2D eigenvalue weighted by Crippen LogP contribution is -2.37. The molecule has 7 nitrogen and oxygen atoms in total. The van der Waals surface area contributed by atoms with Crippen molar-refractivity contribution in [2.24, 2.45) is 0 Å². The van der Waals surface area contributed by atoms with E-state index in [0.29, 0.717) is 36.7 Å². The van der Waals surface area contributed by atoms with Crippen LogP contribution in [0.2, 0.25) is 0 Å². The van der Waals surface area contributed by atoms with Crippen molar-refractivity contribution in [3.8, 4) is 11.6 Å². The zero-order chi connectivity index (χ0) is 14.7. The number of ether oxygens (including phenoxy) is 1. The van der Waals surface area contributed by atoms with Crippen LogP contribution in [-0.2, 0) is 4.74 Å². The van der Waals surface area contributed by atoms with Crippen LogP contribution in [0, 0.1) is 0 Å². The molecule has 1 aliphatic rings. The number of nitrogens with one attached hydrogen (secondary N) is 1. The summed E-state index contributed by atoms with van der Waals surface area (Å²) < 4.78 is 11.6. The number of morpholine rings is 1. The largest absolute Gasteiger partial charge is 0.460 e. The number of furan rings is 1. The van der Waals surface area contributed by atoms with E-state index >= 15 is 0 Å². The van der Waals surface area contributed by atoms with Crippen molar-refractivity contribution in [1.82, 2.24) is 15.0 Å². The standard InChI is InChI=1S/C13H16BrN5O2/c1-2-15-12-16-11(10-9(14)3-6-21-10)17-13(18-12)19-4-7-20-8-5-19/h3,6H,2,4-5,7-8H2,1H3,(H,15,16,17,18). The Kier molecular flexibility index (Phi) is 4.35. The lowest BCUT2D eigenvalue weighted by molar-refractivity contribution is 0.122. The van der Waals surface area contributed by atoms with Crippen molar-refractivity contribution in [1.29, 1.82) is 0 Å². The monoisotopic (exact) mass is 353 g/mol. The van der Waals surface area contributed by atoms with Crippen molar-refractivity contribution in [3.63, 3.8) is 0 Å². The highest BCUT2D eigenvalue weighted by molar-refractivity contribution is 9.10. The molecule has 0 spiro atoms. The van der Waals surface area contributed by atoms with Crippen molar-refractivity contribution < 1.29 is 9.15 Å². The van der Waals surface area contributed by atoms with E-state index in [0.717, 1.165) is 24.1 Å². The Balaban J connectivity index is 1.99. The summed E-state index contributed by atoms with van der Waals surface area (Å²) >= 11 is 3.44. The molecule has 0 aromatic carbocycles. The summed E-state index contributed by atoms with van der Waals surface area (Å²) in [7, 11) is 0. The van der Waals surface area contributed by atoms with E-state index in [1.54, 1.807) is 6.26 Å². The maximum atomic E-state index is 5.46. The van der Waals surface area contributed by atoms with Gasteiger partial charge in [-0.25, -0.2) is 0 Å². The first kappa shape index (κ1) is 14.3.